The number of amides is 2. The topological polar surface area (TPSA) is 132 Å². The Bertz CT molecular complexity index is 1590. The first kappa shape index (κ1) is 23.6. The van der Waals surface area contributed by atoms with Crippen LogP contribution in [0.25, 0.3) is 21.9 Å². The number of rotatable bonds is 4. The number of fused-ring (bicyclic) bond motifs is 4. The number of carbonyl (C=O) groups is 2. The maximum Gasteiger partial charge on any atom is 0.416 e. The Balaban J connectivity index is 1.34. The molecule has 1 aromatic carbocycles. The Hall–Kier alpha value is -3.81. The third kappa shape index (κ3) is 4.04. The minimum atomic E-state index is -4.56. The van der Waals surface area contributed by atoms with E-state index < -0.39 is 17.8 Å². The molecule has 190 valence electrons. The van der Waals surface area contributed by atoms with Crippen molar-refractivity contribution in [3.8, 4) is 0 Å². The second-order valence-corrected chi connectivity index (χ2v) is 9.92. The maximum atomic E-state index is 13.6. The summed E-state index contributed by atoms with van der Waals surface area (Å²) < 4.78 is 42.2. The molecule has 2 amide bonds. The highest BCUT2D eigenvalue weighted by Gasteiger charge is 2.56. The molecular weight excluding hydrogens is 557 g/mol. The molecule has 1 saturated carbocycles. The van der Waals surface area contributed by atoms with E-state index in [1.807, 2.05) is 0 Å². The SMILES string of the molecule is Nc1ncnc2c1c1cc(C(F)(F)F)ccc1n2CC(=O)N1[C@@H]2C[C@@H]2C[C@H]1C(=O)Nc1cncc(Br)n1. The van der Waals surface area contributed by atoms with Gasteiger partial charge in [0.2, 0.25) is 11.8 Å². The number of hydrogen-bond acceptors (Lipinski definition) is 7. The number of anilines is 2. The van der Waals surface area contributed by atoms with Crippen LogP contribution in [0.5, 0.6) is 0 Å². The molecule has 3 N–H and O–H groups in total. The van der Waals surface area contributed by atoms with Crippen LogP contribution in [0.15, 0.2) is 41.5 Å². The average Bonchev–Trinajstić information content (AvgIpc) is 3.38. The van der Waals surface area contributed by atoms with Gasteiger partial charge in [-0.1, -0.05) is 0 Å². The fraction of sp³-hybridized carbons (Fsp3) is 0.304. The Morgan fingerprint density at radius 2 is 2.00 bits per heavy atom. The van der Waals surface area contributed by atoms with Crippen LogP contribution in [0.3, 0.4) is 0 Å². The first-order chi connectivity index (χ1) is 17.6. The molecule has 10 nitrogen and oxygen atoms in total. The summed E-state index contributed by atoms with van der Waals surface area (Å²) >= 11 is 3.21. The van der Waals surface area contributed by atoms with E-state index in [0.717, 1.165) is 18.6 Å². The molecule has 37 heavy (non-hydrogen) atoms. The lowest BCUT2D eigenvalue weighted by molar-refractivity contribution is -0.138. The van der Waals surface area contributed by atoms with Gasteiger partial charge in [0.05, 0.1) is 28.9 Å². The Morgan fingerprint density at radius 3 is 2.76 bits per heavy atom. The van der Waals surface area contributed by atoms with Gasteiger partial charge in [-0.2, -0.15) is 13.2 Å². The van der Waals surface area contributed by atoms with Gasteiger partial charge in [0.25, 0.3) is 0 Å². The van der Waals surface area contributed by atoms with Crippen molar-refractivity contribution in [2.75, 3.05) is 11.1 Å². The van der Waals surface area contributed by atoms with Crippen LogP contribution >= 0.6 is 15.9 Å². The summed E-state index contributed by atoms with van der Waals surface area (Å²) in [6.07, 6.45) is 0.838. The molecule has 2 fully saturated rings. The summed E-state index contributed by atoms with van der Waals surface area (Å²) in [7, 11) is 0. The lowest BCUT2D eigenvalue weighted by Gasteiger charge is -2.27. The van der Waals surface area contributed by atoms with Gasteiger partial charge in [-0.3, -0.25) is 14.6 Å². The monoisotopic (exact) mass is 574 g/mol. The normalized spacial score (nSPS) is 20.9. The van der Waals surface area contributed by atoms with Gasteiger partial charge < -0.3 is 20.5 Å². The number of carbonyl (C=O) groups excluding carboxylic acids is 2. The van der Waals surface area contributed by atoms with Crippen molar-refractivity contribution >= 4 is 61.3 Å². The van der Waals surface area contributed by atoms with Gasteiger partial charge in [-0.05, 0) is 52.9 Å². The third-order valence-electron chi connectivity index (χ3n) is 6.84. The minimum absolute atomic E-state index is 0.0105. The molecule has 4 heterocycles. The van der Waals surface area contributed by atoms with E-state index in [1.165, 1.54) is 29.4 Å². The largest absolute Gasteiger partial charge is 0.416 e. The van der Waals surface area contributed by atoms with E-state index in [1.54, 1.807) is 4.90 Å². The van der Waals surface area contributed by atoms with E-state index in [9.17, 15) is 22.8 Å². The average molecular weight is 575 g/mol. The quantitative estimate of drug-likeness (QED) is 0.382. The molecule has 0 radical (unpaired) electrons. The zero-order valence-electron chi connectivity index (χ0n) is 18.9. The third-order valence-corrected chi connectivity index (χ3v) is 7.22. The van der Waals surface area contributed by atoms with Crippen LogP contribution in [-0.4, -0.2) is 53.3 Å². The summed E-state index contributed by atoms with van der Waals surface area (Å²) in [6, 6.07) is 2.46. The summed E-state index contributed by atoms with van der Waals surface area (Å²) in [5.74, 6) is -0.240. The second-order valence-electron chi connectivity index (χ2n) is 9.11. The number of likely N-dealkylation sites (tertiary alicyclic amines) is 1. The number of nitrogens with two attached hydrogens (primary N) is 1. The number of aromatic nitrogens is 5. The standard InChI is InChI=1S/C23H18BrF3N8O2/c24-16-6-29-7-17(32-16)33-22(37)15-4-10-3-14(10)35(15)18(36)8-34-13-2-1-11(23(25,26)27)5-12(13)19-20(28)30-9-31-21(19)34/h1-2,5-7,9-10,14-15H,3-4,8H2,(H2,28,30,31)(H,32,33,37)/t10-,14-,15+/m1/s1. The second kappa shape index (κ2) is 8.36. The van der Waals surface area contributed by atoms with Crippen LogP contribution in [0.2, 0.25) is 0 Å². The summed E-state index contributed by atoms with van der Waals surface area (Å²) in [5, 5.41) is 3.15. The fourth-order valence-corrected chi connectivity index (χ4v) is 5.46. The lowest BCUT2D eigenvalue weighted by atomic mass is 10.1. The van der Waals surface area contributed by atoms with Gasteiger partial charge >= 0.3 is 6.18 Å². The molecule has 2 aliphatic rings. The summed E-state index contributed by atoms with van der Waals surface area (Å²) in [6.45, 7) is -0.231. The minimum Gasteiger partial charge on any atom is -0.383 e. The highest BCUT2D eigenvalue weighted by molar-refractivity contribution is 9.10. The van der Waals surface area contributed by atoms with E-state index in [4.69, 9.17) is 5.73 Å². The van der Waals surface area contributed by atoms with Crippen molar-refractivity contribution in [3.63, 3.8) is 0 Å². The first-order valence-corrected chi connectivity index (χ1v) is 12.1. The molecule has 1 aliphatic carbocycles. The van der Waals surface area contributed by atoms with Gasteiger partial charge in [0.15, 0.2) is 5.82 Å². The summed E-state index contributed by atoms with van der Waals surface area (Å²) in [5.41, 5.74) is 5.77. The Morgan fingerprint density at radius 1 is 1.19 bits per heavy atom. The fourth-order valence-electron chi connectivity index (χ4n) is 5.15. The van der Waals surface area contributed by atoms with E-state index in [0.29, 0.717) is 16.5 Å². The van der Waals surface area contributed by atoms with Crippen LogP contribution in [0, 0.1) is 5.92 Å². The van der Waals surface area contributed by atoms with E-state index >= 15 is 0 Å². The molecule has 0 unspecified atom stereocenters. The number of hydrogen-bond donors (Lipinski definition) is 2. The van der Waals surface area contributed by atoms with Gasteiger partial charge in [0.1, 0.15) is 35.0 Å². The zero-order chi connectivity index (χ0) is 26.1. The number of halogens is 4. The van der Waals surface area contributed by atoms with Gasteiger partial charge in [0, 0.05) is 11.4 Å². The van der Waals surface area contributed by atoms with Crippen molar-refractivity contribution in [3.05, 3.63) is 47.1 Å². The number of benzene rings is 1. The molecule has 0 spiro atoms. The van der Waals surface area contributed by atoms with Crippen molar-refractivity contribution < 1.29 is 22.8 Å². The molecule has 6 rings (SSSR count). The number of piperidine rings is 1. The lowest BCUT2D eigenvalue weighted by Crippen LogP contribution is -2.46. The van der Waals surface area contributed by atoms with E-state index in [2.05, 4.69) is 41.2 Å². The van der Waals surface area contributed by atoms with Gasteiger partial charge in [-0.25, -0.2) is 15.0 Å². The van der Waals surface area contributed by atoms with Gasteiger partial charge in [-0.15, -0.1) is 0 Å². The Kier molecular flexibility index (Phi) is 5.33. The maximum absolute atomic E-state index is 13.6. The van der Waals surface area contributed by atoms with Crippen LogP contribution < -0.4 is 11.1 Å². The van der Waals surface area contributed by atoms with Crippen LogP contribution in [-0.2, 0) is 22.3 Å². The first-order valence-electron chi connectivity index (χ1n) is 11.3. The number of nitrogens with one attached hydrogen (secondary N) is 1. The highest BCUT2D eigenvalue weighted by Crippen LogP contribution is 2.48. The predicted molar refractivity (Wildman–Crippen MR) is 130 cm³/mol. The van der Waals surface area contributed by atoms with Crippen LogP contribution in [0.4, 0.5) is 24.8 Å². The van der Waals surface area contributed by atoms with Crippen LogP contribution in [0.1, 0.15) is 18.4 Å². The molecule has 4 aromatic rings. The van der Waals surface area contributed by atoms with Crippen molar-refractivity contribution in [1.29, 1.82) is 0 Å². The molecule has 0 bridgehead atoms. The zero-order valence-corrected chi connectivity index (χ0v) is 20.5. The molecule has 14 heteroatoms. The highest BCUT2D eigenvalue weighted by atomic mass is 79.9. The van der Waals surface area contributed by atoms with E-state index in [-0.39, 0.29) is 58.4 Å². The molecule has 1 saturated heterocycles. The molecule has 3 atom stereocenters. The summed E-state index contributed by atoms with van der Waals surface area (Å²) in [4.78, 5) is 44.5. The molecular formula is C23H18BrF3N8O2. The number of alkyl halides is 3. The van der Waals surface area contributed by atoms with Crippen molar-refractivity contribution in [2.24, 2.45) is 5.92 Å². The Labute approximate surface area is 215 Å². The van der Waals surface area contributed by atoms with Crippen molar-refractivity contribution in [2.45, 2.75) is 37.6 Å². The molecule has 1 aliphatic heterocycles. The molecule has 3 aromatic heterocycles. The number of nitrogen functional groups attached to an aromatic ring is 1. The predicted octanol–water partition coefficient (Wildman–Crippen LogP) is 3.37. The smallest absolute Gasteiger partial charge is 0.383 e. The number of nitrogens with zero attached hydrogens (tertiary/aromatic N) is 6. The van der Waals surface area contributed by atoms with Crippen molar-refractivity contribution in [1.82, 2.24) is 29.4 Å².